The molecule has 2 saturated heterocycles. The number of ether oxygens (including phenoxy) is 2. The van der Waals surface area contributed by atoms with E-state index in [2.05, 4.69) is 5.32 Å². The molecule has 2 aliphatic rings. The Morgan fingerprint density at radius 2 is 1.88 bits per heavy atom. The summed E-state index contributed by atoms with van der Waals surface area (Å²) in [5.74, 6) is -2.42. The molecule has 1 aromatic rings. The Hall–Kier alpha value is -2.77. The Kier molecular flexibility index (Phi) is 4.76. The van der Waals surface area contributed by atoms with Crippen LogP contribution in [0.2, 0.25) is 0 Å². The minimum atomic E-state index is -1.06. The first-order valence-electron chi connectivity index (χ1n) is 8.42. The van der Waals surface area contributed by atoms with Crippen LogP contribution in [0, 0.1) is 11.8 Å². The number of methoxy groups -OCH3 is 2. The van der Waals surface area contributed by atoms with E-state index in [9.17, 15) is 19.5 Å². The lowest BCUT2D eigenvalue weighted by Gasteiger charge is -2.27. The first-order chi connectivity index (χ1) is 12.4. The number of amides is 2. The van der Waals surface area contributed by atoms with Crippen LogP contribution in [0.15, 0.2) is 18.2 Å². The van der Waals surface area contributed by atoms with E-state index in [0.29, 0.717) is 29.9 Å². The minimum Gasteiger partial charge on any atom is -0.493 e. The zero-order chi connectivity index (χ0) is 19.0. The maximum absolute atomic E-state index is 12.6. The van der Waals surface area contributed by atoms with Crippen molar-refractivity contribution < 1.29 is 29.0 Å². The van der Waals surface area contributed by atoms with E-state index in [1.54, 1.807) is 23.1 Å². The third-order valence-electron chi connectivity index (χ3n) is 5.32. The Labute approximate surface area is 151 Å². The van der Waals surface area contributed by atoms with E-state index in [1.807, 2.05) is 0 Å². The Balaban J connectivity index is 2.13. The van der Waals surface area contributed by atoms with Crippen molar-refractivity contribution in [2.24, 2.45) is 11.8 Å². The molecule has 4 unspecified atom stereocenters. The van der Waals surface area contributed by atoms with Crippen molar-refractivity contribution in [1.82, 2.24) is 10.2 Å². The van der Waals surface area contributed by atoms with Crippen molar-refractivity contribution in [3.8, 4) is 11.5 Å². The second-order valence-electron chi connectivity index (χ2n) is 6.47. The van der Waals surface area contributed by atoms with Crippen LogP contribution in [0.4, 0.5) is 0 Å². The van der Waals surface area contributed by atoms with Crippen LogP contribution >= 0.6 is 0 Å². The van der Waals surface area contributed by atoms with Crippen LogP contribution in [0.3, 0.4) is 0 Å². The summed E-state index contributed by atoms with van der Waals surface area (Å²) in [5, 5.41) is 12.3. The van der Waals surface area contributed by atoms with E-state index in [4.69, 9.17) is 9.47 Å². The molecule has 4 atom stereocenters. The summed E-state index contributed by atoms with van der Waals surface area (Å²) >= 11 is 0. The third kappa shape index (κ3) is 2.65. The topological polar surface area (TPSA) is 105 Å². The molecule has 2 heterocycles. The highest BCUT2D eigenvalue weighted by molar-refractivity contribution is 5.90. The van der Waals surface area contributed by atoms with Gasteiger partial charge in [-0.05, 0) is 24.1 Å². The number of fused-ring (bicyclic) bond motifs is 1. The van der Waals surface area contributed by atoms with Gasteiger partial charge < -0.3 is 24.8 Å². The molecule has 140 valence electrons. The minimum absolute atomic E-state index is 0.132. The summed E-state index contributed by atoms with van der Waals surface area (Å²) < 4.78 is 10.6. The highest BCUT2D eigenvalue weighted by Gasteiger charge is 2.59. The van der Waals surface area contributed by atoms with E-state index in [-0.39, 0.29) is 11.8 Å². The molecule has 3 rings (SSSR count). The lowest BCUT2D eigenvalue weighted by Crippen LogP contribution is -2.38. The van der Waals surface area contributed by atoms with Crippen molar-refractivity contribution in [3.63, 3.8) is 0 Å². The van der Waals surface area contributed by atoms with Crippen LogP contribution in [-0.4, -0.2) is 55.1 Å². The van der Waals surface area contributed by atoms with Gasteiger partial charge in [0.15, 0.2) is 11.5 Å². The van der Waals surface area contributed by atoms with Crippen molar-refractivity contribution in [2.75, 3.05) is 21.3 Å². The maximum Gasteiger partial charge on any atom is 0.309 e. The molecule has 0 bridgehead atoms. The summed E-state index contributed by atoms with van der Waals surface area (Å²) in [4.78, 5) is 38.5. The number of benzene rings is 1. The Morgan fingerprint density at radius 1 is 1.19 bits per heavy atom. The average molecular weight is 362 g/mol. The van der Waals surface area contributed by atoms with E-state index in [1.165, 1.54) is 21.3 Å². The fourth-order valence-electron chi connectivity index (χ4n) is 4.24. The largest absolute Gasteiger partial charge is 0.493 e. The van der Waals surface area contributed by atoms with E-state index >= 15 is 0 Å². The zero-order valence-electron chi connectivity index (χ0n) is 14.9. The Bertz CT molecular complexity index is 749. The molecule has 2 N–H and O–H groups in total. The molecule has 26 heavy (non-hydrogen) atoms. The van der Waals surface area contributed by atoms with Crippen LogP contribution in [0.5, 0.6) is 11.5 Å². The van der Waals surface area contributed by atoms with Gasteiger partial charge in [-0.2, -0.15) is 0 Å². The first-order valence-corrected chi connectivity index (χ1v) is 8.42. The Morgan fingerprint density at radius 3 is 2.46 bits per heavy atom. The predicted octanol–water partition coefficient (Wildman–Crippen LogP) is 0.813. The monoisotopic (exact) mass is 362 g/mol. The zero-order valence-corrected chi connectivity index (χ0v) is 14.9. The van der Waals surface area contributed by atoms with Gasteiger partial charge in [-0.1, -0.05) is 6.07 Å². The summed E-state index contributed by atoms with van der Waals surface area (Å²) in [6.07, 6.45) is 0.728. The van der Waals surface area contributed by atoms with Gasteiger partial charge in [0.25, 0.3) is 0 Å². The van der Waals surface area contributed by atoms with E-state index < -0.39 is 29.9 Å². The van der Waals surface area contributed by atoms with Crippen molar-refractivity contribution in [2.45, 2.75) is 24.9 Å². The number of carboxylic acids is 1. The molecule has 0 aliphatic carbocycles. The summed E-state index contributed by atoms with van der Waals surface area (Å²) in [7, 11) is 4.48. The van der Waals surface area contributed by atoms with Gasteiger partial charge in [0.2, 0.25) is 11.8 Å². The lowest BCUT2D eigenvalue weighted by atomic mass is 9.82. The second-order valence-corrected chi connectivity index (χ2v) is 6.47. The van der Waals surface area contributed by atoms with Crippen molar-refractivity contribution in [3.05, 3.63) is 23.8 Å². The van der Waals surface area contributed by atoms with Gasteiger partial charge in [0.05, 0.1) is 32.1 Å². The highest BCUT2D eigenvalue weighted by Crippen LogP contribution is 2.50. The quantitative estimate of drug-likeness (QED) is 0.803. The van der Waals surface area contributed by atoms with Crippen molar-refractivity contribution in [1.29, 1.82) is 0 Å². The van der Waals surface area contributed by atoms with E-state index in [0.717, 1.165) is 0 Å². The number of rotatable bonds is 5. The van der Waals surface area contributed by atoms with Crippen LogP contribution in [0.1, 0.15) is 24.4 Å². The lowest BCUT2D eigenvalue weighted by molar-refractivity contribution is -0.146. The first kappa shape index (κ1) is 18.0. The number of carbonyl (C=O) groups excluding carboxylic acids is 2. The predicted molar refractivity (Wildman–Crippen MR) is 90.8 cm³/mol. The standard InChI is InChI=1S/C18H22N2O6/c1-19-17(22)15-14(18(23)24)10-5-7-13(21)20(10)16(15)9-4-6-11(25-2)12(8-9)26-3/h4,6,8,10,14-16H,5,7H2,1-3H3,(H,19,22)(H,23,24). The van der Waals surface area contributed by atoms with Crippen LogP contribution < -0.4 is 14.8 Å². The van der Waals surface area contributed by atoms with Gasteiger partial charge in [0, 0.05) is 19.5 Å². The third-order valence-corrected chi connectivity index (χ3v) is 5.32. The molecule has 8 heteroatoms. The molecular weight excluding hydrogens is 340 g/mol. The SMILES string of the molecule is CNC(=O)C1C(C(=O)O)C2CCC(=O)N2C1c1ccc(OC)c(OC)c1. The number of carbonyl (C=O) groups is 3. The summed E-state index contributed by atoms with van der Waals surface area (Å²) in [5.41, 5.74) is 0.653. The molecule has 0 aromatic heterocycles. The number of nitrogens with zero attached hydrogens (tertiary/aromatic N) is 1. The molecular formula is C18H22N2O6. The average Bonchev–Trinajstić information content (AvgIpc) is 3.18. The van der Waals surface area contributed by atoms with Crippen LogP contribution in [0.25, 0.3) is 0 Å². The number of aliphatic carboxylic acids is 1. The van der Waals surface area contributed by atoms with Gasteiger partial charge in [-0.3, -0.25) is 14.4 Å². The van der Waals surface area contributed by atoms with Gasteiger partial charge in [-0.25, -0.2) is 0 Å². The summed E-state index contributed by atoms with van der Waals surface area (Å²) in [6, 6.07) is 4.00. The maximum atomic E-state index is 12.6. The fourth-order valence-corrected chi connectivity index (χ4v) is 4.24. The molecule has 1 aromatic carbocycles. The number of nitrogens with one attached hydrogen (secondary N) is 1. The van der Waals surface area contributed by atoms with Gasteiger partial charge in [0.1, 0.15) is 0 Å². The molecule has 0 spiro atoms. The molecule has 2 fully saturated rings. The smallest absolute Gasteiger partial charge is 0.309 e. The summed E-state index contributed by atoms with van der Waals surface area (Å²) in [6.45, 7) is 0. The van der Waals surface area contributed by atoms with Crippen molar-refractivity contribution >= 4 is 17.8 Å². The van der Waals surface area contributed by atoms with Crippen LogP contribution in [-0.2, 0) is 14.4 Å². The molecule has 2 amide bonds. The molecule has 2 aliphatic heterocycles. The molecule has 0 radical (unpaired) electrons. The number of hydrogen-bond acceptors (Lipinski definition) is 5. The number of hydrogen-bond donors (Lipinski definition) is 2. The second kappa shape index (κ2) is 6.86. The molecule has 8 nitrogen and oxygen atoms in total. The van der Waals surface area contributed by atoms with Gasteiger partial charge in [-0.15, -0.1) is 0 Å². The highest BCUT2D eigenvalue weighted by atomic mass is 16.5. The molecule has 0 saturated carbocycles. The fraction of sp³-hybridized carbons (Fsp3) is 0.500. The van der Waals surface area contributed by atoms with Gasteiger partial charge >= 0.3 is 5.97 Å². The normalized spacial score (nSPS) is 27.2. The number of carboxylic acid groups (broad SMARTS) is 1.